The van der Waals surface area contributed by atoms with Crippen molar-refractivity contribution in [1.82, 2.24) is 0 Å². The third kappa shape index (κ3) is 4.63. The Kier molecular flexibility index (Phi) is 5.15. The summed E-state index contributed by atoms with van der Waals surface area (Å²) in [6.45, 7) is 1.60. The van der Waals surface area contributed by atoms with Gasteiger partial charge in [0.2, 0.25) is 5.91 Å². The molecule has 2 rings (SSSR count). The lowest BCUT2D eigenvalue weighted by Crippen LogP contribution is -2.32. The second-order valence-corrected chi connectivity index (χ2v) is 5.32. The SMILES string of the molecule is C[C@H](Nc1ccccc1)C(=O)Nc1cc(C(F)(F)F)ccc1Cl. The van der Waals surface area contributed by atoms with Gasteiger partial charge in [-0.15, -0.1) is 0 Å². The Hall–Kier alpha value is -2.21. The van der Waals surface area contributed by atoms with Gasteiger partial charge < -0.3 is 10.6 Å². The zero-order valence-corrected chi connectivity index (χ0v) is 12.9. The van der Waals surface area contributed by atoms with E-state index >= 15 is 0 Å². The van der Waals surface area contributed by atoms with Gasteiger partial charge in [0.05, 0.1) is 16.3 Å². The molecule has 0 aromatic heterocycles. The maximum absolute atomic E-state index is 12.7. The van der Waals surface area contributed by atoms with Crippen molar-refractivity contribution >= 4 is 28.9 Å². The summed E-state index contributed by atoms with van der Waals surface area (Å²) >= 11 is 5.85. The number of hydrogen-bond acceptors (Lipinski definition) is 2. The molecule has 2 aromatic rings. The number of benzene rings is 2. The lowest BCUT2D eigenvalue weighted by Gasteiger charge is -2.17. The summed E-state index contributed by atoms with van der Waals surface area (Å²) in [6, 6.07) is 11.1. The van der Waals surface area contributed by atoms with Crippen molar-refractivity contribution in [2.75, 3.05) is 10.6 Å². The number of anilines is 2. The fraction of sp³-hybridized carbons (Fsp3) is 0.188. The summed E-state index contributed by atoms with van der Waals surface area (Å²) in [5, 5.41) is 5.40. The minimum Gasteiger partial charge on any atom is -0.374 e. The van der Waals surface area contributed by atoms with Crippen molar-refractivity contribution in [1.29, 1.82) is 0 Å². The Morgan fingerprint density at radius 2 is 1.78 bits per heavy atom. The number of hydrogen-bond donors (Lipinski definition) is 2. The molecule has 2 N–H and O–H groups in total. The smallest absolute Gasteiger partial charge is 0.374 e. The number of nitrogens with one attached hydrogen (secondary N) is 2. The van der Waals surface area contributed by atoms with Gasteiger partial charge in [0, 0.05) is 5.69 Å². The van der Waals surface area contributed by atoms with Crippen molar-refractivity contribution < 1.29 is 18.0 Å². The Morgan fingerprint density at radius 3 is 2.39 bits per heavy atom. The van der Waals surface area contributed by atoms with Crippen LogP contribution in [0.15, 0.2) is 48.5 Å². The predicted molar refractivity (Wildman–Crippen MR) is 84.6 cm³/mol. The molecule has 1 amide bonds. The van der Waals surface area contributed by atoms with E-state index in [0.717, 1.165) is 23.9 Å². The molecule has 7 heteroatoms. The highest BCUT2D eigenvalue weighted by Gasteiger charge is 2.31. The molecule has 1 atom stereocenters. The summed E-state index contributed by atoms with van der Waals surface area (Å²) in [5.74, 6) is -0.491. The molecule has 2 aromatic carbocycles. The van der Waals surface area contributed by atoms with Crippen LogP contribution < -0.4 is 10.6 Å². The number of para-hydroxylation sites is 1. The van der Waals surface area contributed by atoms with E-state index in [1.54, 1.807) is 31.2 Å². The van der Waals surface area contributed by atoms with Gasteiger partial charge in [-0.05, 0) is 37.3 Å². The first kappa shape index (κ1) is 17.1. The van der Waals surface area contributed by atoms with Crippen LogP contribution in [0.1, 0.15) is 12.5 Å². The van der Waals surface area contributed by atoms with E-state index in [4.69, 9.17) is 11.6 Å². The molecular formula is C16H14ClF3N2O. The predicted octanol–water partition coefficient (Wildman–Crippen LogP) is 4.80. The summed E-state index contributed by atoms with van der Waals surface area (Å²) in [6.07, 6.45) is -4.50. The van der Waals surface area contributed by atoms with E-state index in [9.17, 15) is 18.0 Å². The molecule has 0 heterocycles. The highest BCUT2D eigenvalue weighted by molar-refractivity contribution is 6.33. The molecule has 23 heavy (non-hydrogen) atoms. The molecule has 0 fully saturated rings. The van der Waals surface area contributed by atoms with E-state index < -0.39 is 23.7 Å². The van der Waals surface area contributed by atoms with Gasteiger partial charge in [-0.25, -0.2) is 0 Å². The quantitative estimate of drug-likeness (QED) is 0.838. The van der Waals surface area contributed by atoms with Gasteiger partial charge in [-0.1, -0.05) is 29.8 Å². The van der Waals surface area contributed by atoms with Crippen molar-refractivity contribution in [2.45, 2.75) is 19.1 Å². The van der Waals surface area contributed by atoms with Crippen molar-refractivity contribution in [2.24, 2.45) is 0 Å². The van der Waals surface area contributed by atoms with Crippen LogP contribution in [0.25, 0.3) is 0 Å². The molecule has 0 aliphatic rings. The van der Waals surface area contributed by atoms with Crippen molar-refractivity contribution in [3.8, 4) is 0 Å². The number of halogens is 4. The topological polar surface area (TPSA) is 41.1 Å². The third-order valence-electron chi connectivity index (χ3n) is 3.10. The Labute approximate surface area is 136 Å². The molecule has 0 saturated heterocycles. The lowest BCUT2D eigenvalue weighted by molar-refractivity contribution is -0.137. The standard InChI is InChI=1S/C16H14ClF3N2O/c1-10(21-12-5-3-2-4-6-12)15(23)22-14-9-11(16(18,19)20)7-8-13(14)17/h2-10,21H,1H3,(H,22,23)/t10-/m0/s1. The fourth-order valence-electron chi connectivity index (χ4n) is 1.89. The average molecular weight is 343 g/mol. The van der Waals surface area contributed by atoms with E-state index in [2.05, 4.69) is 10.6 Å². The Bertz CT molecular complexity index is 689. The van der Waals surface area contributed by atoms with E-state index in [1.807, 2.05) is 6.07 Å². The van der Waals surface area contributed by atoms with E-state index in [0.29, 0.717) is 0 Å². The Balaban J connectivity index is 2.10. The molecule has 122 valence electrons. The zero-order chi connectivity index (χ0) is 17.0. The Morgan fingerprint density at radius 1 is 1.13 bits per heavy atom. The van der Waals surface area contributed by atoms with Crippen LogP contribution in [0.3, 0.4) is 0 Å². The number of alkyl halides is 3. The van der Waals surface area contributed by atoms with Crippen molar-refractivity contribution in [3.63, 3.8) is 0 Å². The van der Waals surface area contributed by atoms with Crippen LogP contribution in [-0.4, -0.2) is 11.9 Å². The first-order valence-electron chi connectivity index (χ1n) is 6.76. The van der Waals surface area contributed by atoms with Crippen LogP contribution in [-0.2, 0) is 11.0 Å². The number of rotatable bonds is 4. The van der Waals surface area contributed by atoms with E-state index in [1.165, 1.54) is 0 Å². The fourth-order valence-corrected chi connectivity index (χ4v) is 2.05. The van der Waals surface area contributed by atoms with Gasteiger partial charge in [-0.3, -0.25) is 4.79 Å². The maximum atomic E-state index is 12.7. The van der Waals surface area contributed by atoms with Gasteiger partial charge in [0.1, 0.15) is 6.04 Å². The monoisotopic (exact) mass is 342 g/mol. The molecular weight excluding hydrogens is 329 g/mol. The lowest BCUT2D eigenvalue weighted by atomic mass is 10.2. The second kappa shape index (κ2) is 6.91. The summed E-state index contributed by atoms with van der Waals surface area (Å²) in [7, 11) is 0. The van der Waals surface area contributed by atoms with Gasteiger partial charge in [-0.2, -0.15) is 13.2 Å². The summed E-state index contributed by atoms with van der Waals surface area (Å²) in [5.41, 5.74) is -0.223. The molecule has 0 spiro atoms. The number of amides is 1. The van der Waals surface area contributed by atoms with Gasteiger partial charge >= 0.3 is 6.18 Å². The van der Waals surface area contributed by atoms with Crippen LogP contribution in [0.4, 0.5) is 24.5 Å². The van der Waals surface area contributed by atoms with E-state index in [-0.39, 0.29) is 10.7 Å². The normalized spacial score (nSPS) is 12.6. The zero-order valence-electron chi connectivity index (χ0n) is 12.1. The number of carbonyl (C=O) groups is 1. The maximum Gasteiger partial charge on any atom is 0.416 e. The van der Waals surface area contributed by atoms with Crippen LogP contribution in [0, 0.1) is 0 Å². The minimum atomic E-state index is -4.50. The largest absolute Gasteiger partial charge is 0.416 e. The molecule has 0 saturated carbocycles. The summed E-state index contributed by atoms with van der Waals surface area (Å²) < 4.78 is 38.1. The molecule has 0 aliphatic carbocycles. The molecule has 0 radical (unpaired) electrons. The third-order valence-corrected chi connectivity index (χ3v) is 3.43. The van der Waals surface area contributed by atoms with Crippen LogP contribution in [0.2, 0.25) is 5.02 Å². The van der Waals surface area contributed by atoms with Crippen LogP contribution >= 0.6 is 11.6 Å². The van der Waals surface area contributed by atoms with Crippen molar-refractivity contribution in [3.05, 3.63) is 59.1 Å². The van der Waals surface area contributed by atoms with Gasteiger partial charge in [0.25, 0.3) is 0 Å². The first-order chi connectivity index (χ1) is 10.8. The average Bonchev–Trinajstić information content (AvgIpc) is 2.49. The molecule has 0 bridgehead atoms. The first-order valence-corrected chi connectivity index (χ1v) is 7.14. The molecule has 0 unspecified atom stereocenters. The second-order valence-electron chi connectivity index (χ2n) is 4.91. The van der Waals surface area contributed by atoms with Crippen LogP contribution in [0.5, 0.6) is 0 Å². The minimum absolute atomic E-state index is 0.0401. The van der Waals surface area contributed by atoms with Gasteiger partial charge in [0.15, 0.2) is 0 Å². The highest BCUT2D eigenvalue weighted by Crippen LogP contribution is 2.33. The molecule has 3 nitrogen and oxygen atoms in total. The highest BCUT2D eigenvalue weighted by atomic mass is 35.5. The molecule has 0 aliphatic heterocycles. The summed E-state index contributed by atoms with van der Waals surface area (Å²) in [4.78, 5) is 12.1. The number of carbonyl (C=O) groups excluding carboxylic acids is 1.